The summed E-state index contributed by atoms with van der Waals surface area (Å²) in [5, 5.41) is 3.68. The predicted molar refractivity (Wildman–Crippen MR) is 156 cm³/mol. The molecule has 1 amide bonds. The smallest absolute Gasteiger partial charge is 0.352 e. The number of hydrogen-bond acceptors (Lipinski definition) is 10. The largest absolute Gasteiger partial charge is 0.458 e. The molecule has 0 unspecified atom stereocenters. The lowest BCUT2D eigenvalue weighted by Crippen LogP contribution is -2.40. The number of amides is 1. The number of rotatable bonds is 9. The Morgan fingerprint density at radius 1 is 1.21 bits per heavy atom. The first kappa shape index (κ1) is 27.6. The molecule has 12 heteroatoms. The van der Waals surface area contributed by atoms with Gasteiger partial charge in [0, 0.05) is 24.7 Å². The molecule has 12 nitrogen and oxygen atoms in total. The lowest BCUT2D eigenvalue weighted by Gasteiger charge is -2.27. The summed E-state index contributed by atoms with van der Waals surface area (Å²) in [4.78, 5) is 64.5. The molecule has 0 saturated carbocycles. The number of anilines is 1. The minimum absolute atomic E-state index is 0.0491. The monoisotopic (exact) mass is 572 g/mol. The van der Waals surface area contributed by atoms with Gasteiger partial charge in [-0.1, -0.05) is 25.8 Å². The van der Waals surface area contributed by atoms with Crippen LogP contribution in [0, 0.1) is 0 Å². The zero-order chi connectivity index (χ0) is 29.5. The highest BCUT2D eigenvalue weighted by atomic mass is 16.6. The molecule has 0 aliphatic carbocycles. The highest BCUT2D eigenvalue weighted by molar-refractivity contribution is 6.11. The van der Waals surface area contributed by atoms with Gasteiger partial charge in [-0.2, -0.15) is 0 Å². The Hall–Kier alpha value is -4.58. The van der Waals surface area contributed by atoms with E-state index in [4.69, 9.17) is 14.5 Å². The van der Waals surface area contributed by atoms with Crippen molar-refractivity contribution in [3.05, 3.63) is 51.3 Å². The third-order valence-corrected chi connectivity index (χ3v) is 7.91. The molecular formula is C30H32N6O6. The highest BCUT2D eigenvalue weighted by Crippen LogP contribution is 2.46. The van der Waals surface area contributed by atoms with Crippen LogP contribution < -0.4 is 15.8 Å². The molecule has 1 atom stereocenters. The second-order valence-electron chi connectivity index (χ2n) is 10.7. The summed E-state index contributed by atoms with van der Waals surface area (Å²) >= 11 is 0. The van der Waals surface area contributed by atoms with Crippen LogP contribution in [-0.4, -0.2) is 72.4 Å². The molecule has 1 N–H and O–H groups in total. The minimum atomic E-state index is -1.43. The Balaban J connectivity index is 1.41. The number of nitrogens with zero attached hydrogens (tertiary/aromatic N) is 5. The van der Waals surface area contributed by atoms with E-state index in [0.29, 0.717) is 17.9 Å². The zero-order valence-corrected chi connectivity index (χ0v) is 23.8. The van der Waals surface area contributed by atoms with E-state index in [1.54, 1.807) is 17.7 Å². The van der Waals surface area contributed by atoms with Gasteiger partial charge < -0.3 is 29.2 Å². The summed E-state index contributed by atoms with van der Waals surface area (Å²) in [6, 6.07) is 7.51. The van der Waals surface area contributed by atoms with E-state index < -0.39 is 18.0 Å². The highest BCUT2D eigenvalue weighted by Gasteiger charge is 2.39. The van der Waals surface area contributed by atoms with Crippen LogP contribution in [0.4, 0.5) is 11.4 Å². The number of ether oxygens (including phenoxy) is 2. The number of nitrogens with one attached hydrogen (secondary N) is 1. The molecule has 6 rings (SSSR count). The van der Waals surface area contributed by atoms with E-state index in [-0.39, 0.29) is 42.3 Å². The van der Waals surface area contributed by atoms with Gasteiger partial charge in [0.25, 0.3) is 5.56 Å². The minimum Gasteiger partial charge on any atom is -0.458 e. The number of carbonyl (C=O) groups excluding carboxylic acids is 3. The number of hydrogen-bond donors (Lipinski definition) is 1. The number of unbranched alkanes of at least 4 members (excludes halogenated alkanes) is 2. The van der Waals surface area contributed by atoms with E-state index in [2.05, 4.69) is 22.1 Å². The van der Waals surface area contributed by atoms with Gasteiger partial charge >= 0.3 is 11.9 Å². The fourth-order valence-corrected chi connectivity index (χ4v) is 5.79. The molecule has 5 heterocycles. The van der Waals surface area contributed by atoms with E-state index in [9.17, 15) is 19.2 Å². The molecule has 0 saturated heterocycles. The van der Waals surface area contributed by atoms with Crippen LogP contribution in [0.25, 0.3) is 22.3 Å². The third kappa shape index (κ3) is 4.61. The number of carbonyl (C=O) groups is 3. The van der Waals surface area contributed by atoms with Crippen molar-refractivity contribution >= 4 is 46.5 Å². The van der Waals surface area contributed by atoms with Crippen LogP contribution in [0.15, 0.2) is 34.1 Å². The van der Waals surface area contributed by atoms with Crippen molar-refractivity contribution < 1.29 is 23.9 Å². The maximum Gasteiger partial charge on any atom is 0.352 e. The number of fused-ring (bicyclic) bond motifs is 5. The van der Waals surface area contributed by atoms with Crippen molar-refractivity contribution in [1.29, 1.82) is 0 Å². The quantitative estimate of drug-likeness (QED) is 0.237. The topological polar surface area (TPSA) is 135 Å². The number of cyclic esters (lactones) is 1. The predicted octanol–water partition coefficient (Wildman–Crippen LogP) is 2.41. The van der Waals surface area contributed by atoms with Gasteiger partial charge in [-0.25, -0.2) is 14.8 Å². The molecule has 0 radical (unpaired) electrons. The SMILES string of the molecule is CCCCCN1C=Nc2cccc3nc4c(c1c23)Cn1c-4cc2c(c1=O)COC(=O)[C@H]2OC(=O)CN(C)C(=O)CNC. The van der Waals surface area contributed by atoms with Gasteiger partial charge in [-0.05, 0) is 31.7 Å². The van der Waals surface area contributed by atoms with E-state index >= 15 is 0 Å². The second kappa shape index (κ2) is 11.0. The van der Waals surface area contributed by atoms with Crippen molar-refractivity contribution in [3.63, 3.8) is 0 Å². The lowest BCUT2D eigenvalue weighted by atomic mass is 9.99. The molecule has 3 aromatic rings. The molecule has 1 aromatic carbocycles. The summed E-state index contributed by atoms with van der Waals surface area (Å²) in [6.07, 6.45) is 3.59. The molecular weight excluding hydrogens is 540 g/mol. The van der Waals surface area contributed by atoms with Crippen molar-refractivity contribution in [2.75, 3.05) is 38.6 Å². The van der Waals surface area contributed by atoms with E-state index in [1.807, 2.05) is 24.5 Å². The molecule has 0 bridgehead atoms. The summed E-state index contributed by atoms with van der Waals surface area (Å²) in [7, 11) is 3.09. The average Bonchev–Trinajstić information content (AvgIpc) is 3.34. The van der Waals surface area contributed by atoms with Gasteiger partial charge in [-0.15, -0.1) is 0 Å². The average molecular weight is 573 g/mol. The number of esters is 2. The number of pyridine rings is 2. The number of aromatic nitrogens is 2. The van der Waals surface area contributed by atoms with Gasteiger partial charge in [0.05, 0.1) is 58.7 Å². The van der Waals surface area contributed by atoms with Crippen LogP contribution in [0.3, 0.4) is 0 Å². The van der Waals surface area contributed by atoms with Gasteiger partial charge in [-0.3, -0.25) is 14.4 Å². The number of likely N-dealkylation sites (N-methyl/N-ethyl adjacent to an activating group) is 2. The number of aliphatic imine (C=N–C) groups is 1. The van der Waals surface area contributed by atoms with Gasteiger partial charge in [0.1, 0.15) is 13.2 Å². The standard InChI is InChI=1S/C30H32N6O6/c1-4-5-6-10-35-16-32-20-8-7-9-21-25(20)27(35)18-13-36-22(26(18)33-21)11-17-19(29(36)39)15-41-30(40)28(17)42-24(38)14-34(3)23(37)12-31-2/h7-9,11,16,28,31H,4-6,10,12-15H2,1-3H3/t28-/m0/s1. The normalized spacial score (nSPS) is 16.1. The Labute approximate surface area is 241 Å². The first-order valence-corrected chi connectivity index (χ1v) is 14.1. The van der Waals surface area contributed by atoms with Gasteiger partial charge in [0.2, 0.25) is 12.0 Å². The maximum atomic E-state index is 13.8. The summed E-state index contributed by atoms with van der Waals surface area (Å²) in [5.74, 6) is -1.87. The summed E-state index contributed by atoms with van der Waals surface area (Å²) in [5.41, 5.74) is 4.88. The van der Waals surface area contributed by atoms with Gasteiger partial charge in [0.15, 0.2) is 0 Å². The molecule has 0 fully saturated rings. The first-order valence-electron chi connectivity index (χ1n) is 14.1. The molecule has 3 aliphatic heterocycles. The van der Waals surface area contributed by atoms with Crippen molar-refractivity contribution in [2.24, 2.45) is 4.99 Å². The fourth-order valence-electron chi connectivity index (χ4n) is 5.79. The van der Waals surface area contributed by atoms with Crippen molar-refractivity contribution in [2.45, 2.75) is 45.4 Å². The Kier molecular flexibility index (Phi) is 7.23. The number of benzene rings is 1. The zero-order valence-electron chi connectivity index (χ0n) is 23.8. The van der Waals surface area contributed by atoms with Crippen LogP contribution in [0.2, 0.25) is 0 Å². The fraction of sp³-hybridized carbons (Fsp3) is 0.400. The molecule has 0 spiro atoms. The Bertz CT molecular complexity index is 1710. The molecule has 3 aliphatic rings. The van der Waals surface area contributed by atoms with E-state index in [0.717, 1.165) is 53.6 Å². The van der Waals surface area contributed by atoms with Crippen LogP contribution >= 0.6 is 0 Å². The maximum absolute atomic E-state index is 13.8. The van der Waals surface area contributed by atoms with E-state index in [1.165, 1.54) is 11.9 Å². The second-order valence-corrected chi connectivity index (χ2v) is 10.7. The van der Waals surface area contributed by atoms with Crippen LogP contribution in [0.1, 0.15) is 49.0 Å². The third-order valence-electron chi connectivity index (χ3n) is 7.91. The summed E-state index contributed by atoms with van der Waals surface area (Å²) < 4.78 is 12.4. The van der Waals surface area contributed by atoms with Crippen LogP contribution in [0.5, 0.6) is 0 Å². The molecule has 218 valence electrons. The molecule has 42 heavy (non-hydrogen) atoms. The summed E-state index contributed by atoms with van der Waals surface area (Å²) in [6.45, 7) is 2.71. The Morgan fingerprint density at radius 2 is 2.05 bits per heavy atom. The van der Waals surface area contributed by atoms with Crippen molar-refractivity contribution in [1.82, 2.24) is 19.8 Å². The Morgan fingerprint density at radius 3 is 2.83 bits per heavy atom. The lowest BCUT2D eigenvalue weighted by molar-refractivity contribution is -0.172. The molecule has 2 aromatic heterocycles. The first-order chi connectivity index (χ1) is 20.3. The van der Waals surface area contributed by atoms with Crippen LogP contribution in [-0.2, 0) is 37.0 Å². The van der Waals surface area contributed by atoms with Crippen molar-refractivity contribution in [3.8, 4) is 11.4 Å².